The molecule has 2 aliphatic heterocycles. The summed E-state index contributed by atoms with van der Waals surface area (Å²) in [5, 5.41) is 0. The van der Waals surface area contributed by atoms with Crippen LogP contribution in [0.2, 0.25) is 0 Å². The second-order valence-corrected chi connectivity index (χ2v) is 11.8. The summed E-state index contributed by atoms with van der Waals surface area (Å²) in [5.74, 6) is 0.337. The van der Waals surface area contributed by atoms with Crippen LogP contribution in [0.25, 0.3) is 16.8 Å². The molecule has 5 rings (SSSR count). The molecule has 0 saturated carbocycles. The molecule has 1 amide bonds. The second-order valence-electron chi connectivity index (χ2n) is 11.8. The fraction of sp³-hybridized carbons (Fsp3) is 0.562. The van der Waals surface area contributed by atoms with Crippen LogP contribution in [0.15, 0.2) is 36.7 Å². The van der Waals surface area contributed by atoms with E-state index in [0.717, 1.165) is 48.4 Å². The number of carbonyl (C=O) groups is 1. The zero-order chi connectivity index (χ0) is 28.6. The summed E-state index contributed by atoms with van der Waals surface area (Å²) in [5.41, 5.74) is 5.15. The number of aromatic nitrogens is 2. The number of pyridine rings is 1. The zero-order valence-corrected chi connectivity index (χ0v) is 24.7. The lowest BCUT2D eigenvalue weighted by molar-refractivity contribution is -0.0564. The van der Waals surface area contributed by atoms with E-state index >= 15 is 0 Å². The lowest BCUT2D eigenvalue weighted by Gasteiger charge is -2.46. The molecule has 40 heavy (non-hydrogen) atoms. The minimum Gasteiger partial charge on any atom is -0.350 e. The number of aryl methyl sites for hydroxylation is 1. The number of hydrogen-bond donors (Lipinski definition) is 0. The number of imidazole rings is 1. The van der Waals surface area contributed by atoms with Gasteiger partial charge in [0.2, 0.25) is 0 Å². The highest BCUT2D eigenvalue weighted by molar-refractivity contribution is 6.01. The van der Waals surface area contributed by atoms with Crippen molar-refractivity contribution >= 4 is 11.4 Å². The predicted molar refractivity (Wildman–Crippen MR) is 155 cm³/mol. The van der Waals surface area contributed by atoms with Crippen LogP contribution in [0, 0.1) is 18.7 Å². The largest absolute Gasteiger partial charge is 0.350 e. The second kappa shape index (κ2) is 12.0. The number of benzene rings is 1. The van der Waals surface area contributed by atoms with Crippen LogP contribution in [0.5, 0.6) is 0 Å². The van der Waals surface area contributed by atoms with Gasteiger partial charge in [-0.1, -0.05) is 13.8 Å². The SMILES string of the molecule is CCN(C(=O)c1cc(F)ccc1-c1cc(C2CN(C(CCC3OCCO3)C(C)C)C2)cc2c(C)ncn12)C(C)C. The van der Waals surface area contributed by atoms with Crippen molar-refractivity contribution in [3.05, 3.63) is 59.3 Å². The Labute approximate surface area is 237 Å². The van der Waals surface area contributed by atoms with Gasteiger partial charge in [0.15, 0.2) is 6.29 Å². The number of ether oxygens (including phenoxy) is 2. The molecule has 0 radical (unpaired) electrons. The minimum atomic E-state index is -0.413. The zero-order valence-electron chi connectivity index (χ0n) is 24.7. The molecule has 2 aliphatic rings. The number of nitrogens with zero attached hydrogens (tertiary/aromatic N) is 4. The van der Waals surface area contributed by atoms with Crippen molar-refractivity contribution in [2.75, 3.05) is 32.8 Å². The van der Waals surface area contributed by atoms with Crippen molar-refractivity contribution < 1.29 is 18.7 Å². The van der Waals surface area contributed by atoms with Gasteiger partial charge in [-0.15, -0.1) is 0 Å². The van der Waals surface area contributed by atoms with Crippen LogP contribution >= 0.6 is 0 Å². The van der Waals surface area contributed by atoms with Crippen LogP contribution in [0.4, 0.5) is 4.39 Å². The average Bonchev–Trinajstić information content (AvgIpc) is 3.54. The Bertz CT molecular complexity index is 1340. The maximum absolute atomic E-state index is 14.5. The van der Waals surface area contributed by atoms with E-state index < -0.39 is 5.82 Å². The summed E-state index contributed by atoms with van der Waals surface area (Å²) in [6.45, 7) is 16.4. The summed E-state index contributed by atoms with van der Waals surface area (Å²) in [6.07, 6.45) is 3.70. The van der Waals surface area contributed by atoms with E-state index in [1.54, 1.807) is 17.3 Å². The molecule has 3 aromatic rings. The van der Waals surface area contributed by atoms with E-state index in [4.69, 9.17) is 9.47 Å². The van der Waals surface area contributed by atoms with E-state index in [2.05, 4.69) is 35.9 Å². The third-order valence-corrected chi connectivity index (χ3v) is 8.58. The Morgan fingerprint density at radius 3 is 2.50 bits per heavy atom. The molecule has 2 fully saturated rings. The molecule has 0 bridgehead atoms. The first-order valence-corrected chi connectivity index (χ1v) is 14.7. The Balaban J connectivity index is 1.45. The molecule has 1 aromatic carbocycles. The fourth-order valence-electron chi connectivity index (χ4n) is 6.31. The van der Waals surface area contributed by atoms with E-state index in [0.29, 0.717) is 43.2 Å². The Morgan fingerprint density at radius 1 is 1.12 bits per heavy atom. The van der Waals surface area contributed by atoms with Crippen LogP contribution < -0.4 is 0 Å². The van der Waals surface area contributed by atoms with Gasteiger partial charge in [0.1, 0.15) is 5.82 Å². The molecule has 8 heteroatoms. The first kappa shape index (κ1) is 28.7. The van der Waals surface area contributed by atoms with Crippen molar-refractivity contribution in [1.29, 1.82) is 0 Å². The van der Waals surface area contributed by atoms with Gasteiger partial charge in [-0.05, 0) is 82.3 Å². The third kappa shape index (κ3) is 5.67. The van der Waals surface area contributed by atoms with Crippen LogP contribution in [0.3, 0.4) is 0 Å². The quantitative estimate of drug-likeness (QED) is 0.315. The van der Waals surface area contributed by atoms with Crippen molar-refractivity contribution in [3.8, 4) is 11.3 Å². The first-order valence-electron chi connectivity index (χ1n) is 14.7. The Morgan fingerprint density at radius 2 is 1.85 bits per heavy atom. The van der Waals surface area contributed by atoms with Gasteiger partial charge in [-0.25, -0.2) is 9.37 Å². The van der Waals surface area contributed by atoms with Crippen molar-refractivity contribution in [1.82, 2.24) is 19.2 Å². The van der Waals surface area contributed by atoms with Crippen molar-refractivity contribution in [2.24, 2.45) is 5.92 Å². The topological polar surface area (TPSA) is 59.3 Å². The van der Waals surface area contributed by atoms with Gasteiger partial charge in [0, 0.05) is 43.2 Å². The number of carbonyl (C=O) groups excluding carboxylic acids is 1. The van der Waals surface area contributed by atoms with Gasteiger partial charge >= 0.3 is 0 Å². The highest BCUT2D eigenvalue weighted by Crippen LogP contribution is 2.37. The maximum Gasteiger partial charge on any atom is 0.254 e. The summed E-state index contributed by atoms with van der Waals surface area (Å²) < 4.78 is 27.9. The molecule has 1 atom stereocenters. The molecule has 4 heterocycles. The number of halogens is 1. The predicted octanol–water partition coefficient (Wildman–Crippen LogP) is 5.90. The summed E-state index contributed by atoms with van der Waals surface area (Å²) in [6, 6.07) is 9.45. The monoisotopic (exact) mass is 550 g/mol. The summed E-state index contributed by atoms with van der Waals surface area (Å²) in [7, 11) is 0. The lowest BCUT2D eigenvalue weighted by atomic mass is 9.85. The molecule has 2 saturated heterocycles. The molecular weight excluding hydrogens is 507 g/mol. The number of rotatable bonds is 10. The van der Waals surface area contributed by atoms with Gasteiger partial charge < -0.3 is 14.4 Å². The minimum absolute atomic E-state index is 0.0112. The normalized spacial score (nSPS) is 17.7. The van der Waals surface area contributed by atoms with Crippen LogP contribution in [-0.4, -0.2) is 76.3 Å². The standard InChI is InChI=1S/C32H43FN4O3/c1-7-36(21(4)5)32(38)27-16-25(33)8-9-26(27)30-15-23(14-29-22(6)34-19-37(29)30)24-17-35(18-24)28(20(2)3)10-11-31-39-12-13-40-31/h8-9,14-16,19-21,24,28,31H,7,10-13,17-18H2,1-6H3. The maximum atomic E-state index is 14.5. The van der Waals surface area contributed by atoms with Gasteiger partial charge in [-0.2, -0.15) is 0 Å². The van der Waals surface area contributed by atoms with E-state index in [-0.39, 0.29) is 18.2 Å². The molecule has 0 aliphatic carbocycles. The number of likely N-dealkylation sites (tertiary alicyclic amines) is 1. The summed E-state index contributed by atoms with van der Waals surface area (Å²) in [4.78, 5) is 22.6. The first-order chi connectivity index (χ1) is 19.2. The fourth-order valence-corrected chi connectivity index (χ4v) is 6.31. The molecule has 0 spiro atoms. The van der Waals surface area contributed by atoms with Gasteiger partial charge in [-0.3, -0.25) is 14.1 Å². The van der Waals surface area contributed by atoms with E-state index in [9.17, 15) is 9.18 Å². The molecule has 0 N–H and O–H groups in total. The number of amides is 1. The molecular formula is C32H43FN4O3. The van der Waals surface area contributed by atoms with E-state index in [1.807, 2.05) is 32.1 Å². The highest BCUT2D eigenvalue weighted by Gasteiger charge is 2.36. The van der Waals surface area contributed by atoms with Gasteiger partial charge in [0.25, 0.3) is 5.91 Å². The van der Waals surface area contributed by atoms with E-state index in [1.165, 1.54) is 17.7 Å². The average molecular weight is 551 g/mol. The smallest absolute Gasteiger partial charge is 0.254 e. The van der Waals surface area contributed by atoms with Crippen molar-refractivity contribution in [3.63, 3.8) is 0 Å². The molecule has 216 valence electrons. The molecule has 2 aromatic heterocycles. The Kier molecular flexibility index (Phi) is 8.59. The van der Waals surface area contributed by atoms with Crippen LogP contribution in [0.1, 0.15) is 75.0 Å². The van der Waals surface area contributed by atoms with Crippen LogP contribution in [-0.2, 0) is 9.47 Å². The summed E-state index contributed by atoms with van der Waals surface area (Å²) >= 11 is 0. The highest BCUT2D eigenvalue weighted by atomic mass is 19.1. The molecule has 7 nitrogen and oxygen atoms in total. The number of fused-ring (bicyclic) bond motifs is 1. The van der Waals surface area contributed by atoms with Gasteiger partial charge in [0.05, 0.1) is 42.0 Å². The third-order valence-electron chi connectivity index (χ3n) is 8.58. The Hall–Kier alpha value is -2.81. The van der Waals surface area contributed by atoms with Crippen molar-refractivity contribution in [2.45, 2.75) is 78.7 Å². The number of hydrogen-bond acceptors (Lipinski definition) is 5. The lowest BCUT2D eigenvalue weighted by Crippen LogP contribution is -2.52. The molecule has 1 unspecified atom stereocenters.